The Morgan fingerprint density at radius 1 is 1.30 bits per heavy atom. The minimum atomic E-state index is 0.126. The average Bonchev–Trinajstić information content (AvgIpc) is 3.27. The number of rotatable bonds is 6. The molecule has 1 saturated heterocycles. The summed E-state index contributed by atoms with van der Waals surface area (Å²) in [6.45, 7) is 2.57. The summed E-state index contributed by atoms with van der Waals surface area (Å²) in [4.78, 5) is 18.8. The first-order valence-electron chi connectivity index (χ1n) is 9.55. The van der Waals surface area contributed by atoms with Crippen molar-refractivity contribution in [3.05, 3.63) is 48.0 Å². The second-order valence-electron chi connectivity index (χ2n) is 7.43. The van der Waals surface area contributed by atoms with Crippen LogP contribution in [-0.2, 0) is 34.3 Å². The summed E-state index contributed by atoms with van der Waals surface area (Å²) in [6, 6.07) is 6.00. The zero-order valence-electron chi connectivity index (χ0n) is 15.7. The van der Waals surface area contributed by atoms with Crippen LogP contribution in [0.4, 0.5) is 0 Å². The largest absolute Gasteiger partial charge is 0.376 e. The average molecular weight is 370 g/mol. The number of aryl methyl sites for hydroxylation is 1. The molecule has 0 radical (unpaired) electrons. The number of carbonyl (C=O) groups excluding carboxylic acids is 1. The first-order chi connectivity index (χ1) is 13.2. The van der Waals surface area contributed by atoms with Gasteiger partial charge >= 0.3 is 0 Å². The number of aromatic nitrogens is 3. The zero-order valence-corrected chi connectivity index (χ0v) is 15.7. The summed E-state index contributed by atoms with van der Waals surface area (Å²) in [5, 5.41) is 4.33. The van der Waals surface area contributed by atoms with Crippen LogP contribution in [0.25, 0.3) is 0 Å². The molecule has 7 nitrogen and oxygen atoms in total. The van der Waals surface area contributed by atoms with Gasteiger partial charge in [-0.2, -0.15) is 5.10 Å². The molecule has 0 N–H and O–H groups in total. The Kier molecular flexibility index (Phi) is 5.50. The summed E-state index contributed by atoms with van der Waals surface area (Å²) < 4.78 is 13.6. The summed E-state index contributed by atoms with van der Waals surface area (Å²) in [6.07, 6.45) is 7.80. The van der Waals surface area contributed by atoms with Crippen molar-refractivity contribution in [2.75, 3.05) is 19.8 Å². The molecule has 0 aromatic carbocycles. The van der Waals surface area contributed by atoms with Gasteiger partial charge in [-0.15, -0.1) is 0 Å². The summed E-state index contributed by atoms with van der Waals surface area (Å²) in [7, 11) is 1.87. The highest BCUT2D eigenvalue weighted by molar-refractivity contribution is 5.78. The standard InChI is InChI=1S/C20H26N4O3/c1-23-7-4-17(22-23)12-20(25)24-8-9-27-19-11-16(10-18(19)24)14-26-13-15-2-5-21-6-3-15/h2-7,16,18-19H,8-14H2,1H3/t16-,18-,19+/m0/s1. The van der Waals surface area contributed by atoms with Gasteiger partial charge in [0.2, 0.25) is 5.91 Å². The van der Waals surface area contributed by atoms with E-state index in [-0.39, 0.29) is 18.1 Å². The van der Waals surface area contributed by atoms with Gasteiger partial charge in [0.25, 0.3) is 0 Å². The van der Waals surface area contributed by atoms with Crippen molar-refractivity contribution in [1.29, 1.82) is 0 Å². The van der Waals surface area contributed by atoms with Crippen molar-refractivity contribution < 1.29 is 14.3 Å². The van der Waals surface area contributed by atoms with E-state index < -0.39 is 0 Å². The number of hydrogen-bond donors (Lipinski definition) is 0. The lowest BCUT2D eigenvalue weighted by atomic mass is 10.1. The Labute approximate surface area is 159 Å². The molecule has 2 aromatic rings. The number of nitrogens with zero attached hydrogens (tertiary/aromatic N) is 4. The smallest absolute Gasteiger partial charge is 0.229 e. The number of pyridine rings is 1. The molecule has 1 aliphatic heterocycles. The zero-order chi connectivity index (χ0) is 18.6. The van der Waals surface area contributed by atoms with E-state index in [4.69, 9.17) is 9.47 Å². The van der Waals surface area contributed by atoms with Gasteiger partial charge in [-0.25, -0.2) is 0 Å². The molecule has 2 fully saturated rings. The Morgan fingerprint density at radius 3 is 2.93 bits per heavy atom. The summed E-state index contributed by atoms with van der Waals surface area (Å²) >= 11 is 0. The molecule has 3 atom stereocenters. The molecule has 1 aliphatic carbocycles. The highest BCUT2D eigenvalue weighted by Gasteiger charge is 2.42. The number of morpholine rings is 1. The van der Waals surface area contributed by atoms with Gasteiger partial charge in [0.15, 0.2) is 0 Å². The Bertz CT molecular complexity index is 764. The predicted molar refractivity (Wildman–Crippen MR) is 98.8 cm³/mol. The van der Waals surface area contributed by atoms with E-state index in [0.29, 0.717) is 38.7 Å². The maximum atomic E-state index is 12.8. The summed E-state index contributed by atoms with van der Waals surface area (Å²) in [5.41, 5.74) is 1.95. The van der Waals surface area contributed by atoms with Crippen LogP contribution in [0.2, 0.25) is 0 Å². The van der Waals surface area contributed by atoms with Crippen LogP contribution in [0.15, 0.2) is 36.8 Å². The SMILES string of the molecule is Cn1ccc(CC(=O)N2CCO[C@@H]3C[C@@H](COCc4ccncc4)C[C@@H]32)n1. The van der Waals surface area contributed by atoms with Gasteiger partial charge in [-0.3, -0.25) is 14.5 Å². The van der Waals surface area contributed by atoms with Gasteiger partial charge in [-0.05, 0) is 42.5 Å². The number of amides is 1. The van der Waals surface area contributed by atoms with Crippen molar-refractivity contribution in [3.8, 4) is 0 Å². The van der Waals surface area contributed by atoms with E-state index in [0.717, 1.165) is 24.1 Å². The number of ether oxygens (including phenoxy) is 2. The molecule has 1 amide bonds. The fourth-order valence-corrected chi connectivity index (χ4v) is 4.13. The van der Waals surface area contributed by atoms with Gasteiger partial charge in [0, 0.05) is 32.2 Å². The lowest BCUT2D eigenvalue weighted by Gasteiger charge is -2.37. The fraction of sp³-hybridized carbons (Fsp3) is 0.550. The van der Waals surface area contributed by atoms with Crippen molar-refractivity contribution >= 4 is 5.91 Å². The lowest BCUT2D eigenvalue weighted by Crippen LogP contribution is -2.51. The minimum Gasteiger partial charge on any atom is -0.376 e. The van der Waals surface area contributed by atoms with Gasteiger partial charge in [0.1, 0.15) is 0 Å². The molecule has 2 aliphatic rings. The first-order valence-corrected chi connectivity index (χ1v) is 9.55. The van der Waals surface area contributed by atoms with Crippen molar-refractivity contribution in [1.82, 2.24) is 19.7 Å². The highest BCUT2D eigenvalue weighted by Crippen LogP contribution is 2.34. The van der Waals surface area contributed by atoms with Gasteiger partial charge < -0.3 is 14.4 Å². The molecule has 144 valence electrons. The van der Waals surface area contributed by atoms with E-state index >= 15 is 0 Å². The Morgan fingerprint density at radius 2 is 2.15 bits per heavy atom. The predicted octanol–water partition coefficient (Wildman–Crippen LogP) is 1.58. The van der Waals surface area contributed by atoms with Crippen LogP contribution in [-0.4, -0.2) is 57.5 Å². The molecule has 4 rings (SSSR count). The van der Waals surface area contributed by atoms with Crippen molar-refractivity contribution in [2.45, 2.75) is 38.0 Å². The van der Waals surface area contributed by atoms with Gasteiger partial charge in [-0.1, -0.05) is 0 Å². The van der Waals surface area contributed by atoms with Crippen molar-refractivity contribution in [2.24, 2.45) is 13.0 Å². The summed E-state index contributed by atoms with van der Waals surface area (Å²) in [5.74, 6) is 0.565. The molecular weight excluding hydrogens is 344 g/mol. The molecule has 0 spiro atoms. The van der Waals surface area contributed by atoms with Crippen LogP contribution >= 0.6 is 0 Å². The second kappa shape index (κ2) is 8.19. The van der Waals surface area contributed by atoms with E-state index in [9.17, 15) is 4.79 Å². The van der Waals surface area contributed by atoms with E-state index in [1.807, 2.05) is 36.3 Å². The molecular formula is C20H26N4O3. The number of hydrogen-bond acceptors (Lipinski definition) is 5. The second-order valence-corrected chi connectivity index (χ2v) is 7.43. The third kappa shape index (κ3) is 4.36. The third-order valence-electron chi connectivity index (χ3n) is 5.43. The Balaban J connectivity index is 1.30. The maximum absolute atomic E-state index is 12.8. The third-order valence-corrected chi connectivity index (χ3v) is 5.43. The quantitative estimate of drug-likeness (QED) is 0.772. The van der Waals surface area contributed by atoms with Crippen LogP contribution in [0, 0.1) is 5.92 Å². The molecule has 0 bridgehead atoms. The number of fused-ring (bicyclic) bond motifs is 1. The van der Waals surface area contributed by atoms with Gasteiger partial charge in [0.05, 0.1) is 44.1 Å². The highest BCUT2D eigenvalue weighted by atomic mass is 16.5. The molecule has 2 aromatic heterocycles. The topological polar surface area (TPSA) is 69.5 Å². The van der Waals surface area contributed by atoms with E-state index in [1.54, 1.807) is 17.1 Å². The monoisotopic (exact) mass is 370 g/mol. The Hall–Kier alpha value is -2.25. The molecule has 1 saturated carbocycles. The molecule has 0 unspecified atom stereocenters. The molecule has 7 heteroatoms. The fourth-order valence-electron chi connectivity index (χ4n) is 4.13. The molecule has 27 heavy (non-hydrogen) atoms. The van der Waals surface area contributed by atoms with Crippen LogP contribution in [0.5, 0.6) is 0 Å². The number of carbonyl (C=O) groups is 1. The molecule has 3 heterocycles. The normalized spacial score (nSPS) is 24.8. The minimum absolute atomic E-state index is 0.126. The van der Waals surface area contributed by atoms with Crippen LogP contribution < -0.4 is 0 Å². The van der Waals surface area contributed by atoms with Crippen molar-refractivity contribution in [3.63, 3.8) is 0 Å². The first kappa shape index (κ1) is 18.1. The van der Waals surface area contributed by atoms with E-state index in [2.05, 4.69) is 10.1 Å². The maximum Gasteiger partial charge on any atom is 0.229 e. The van der Waals surface area contributed by atoms with Crippen LogP contribution in [0.3, 0.4) is 0 Å². The van der Waals surface area contributed by atoms with Crippen LogP contribution in [0.1, 0.15) is 24.1 Å². The lowest BCUT2D eigenvalue weighted by molar-refractivity contribution is -0.143. The van der Waals surface area contributed by atoms with E-state index in [1.165, 1.54) is 0 Å².